The fraction of sp³-hybridized carbons (Fsp3) is 1.00. The summed E-state index contributed by atoms with van der Waals surface area (Å²) in [5, 5.41) is 0. The molecule has 1 fully saturated rings. The smallest absolute Gasteiger partial charge is 0.0589 e. The maximum absolute atomic E-state index is 6.15. The quantitative estimate of drug-likeness (QED) is 0.625. The van der Waals surface area contributed by atoms with E-state index < -0.39 is 0 Å². The van der Waals surface area contributed by atoms with E-state index in [-0.39, 0.29) is 0 Å². The van der Waals surface area contributed by atoms with Crippen LogP contribution in [0, 0.1) is 11.3 Å². The van der Waals surface area contributed by atoms with E-state index in [1.807, 2.05) is 0 Å². The van der Waals surface area contributed by atoms with Gasteiger partial charge in [0.2, 0.25) is 0 Å². The van der Waals surface area contributed by atoms with E-state index in [0.29, 0.717) is 5.41 Å². The van der Waals surface area contributed by atoms with Crippen LogP contribution in [0.4, 0.5) is 0 Å². The van der Waals surface area contributed by atoms with Gasteiger partial charge >= 0.3 is 0 Å². The van der Waals surface area contributed by atoms with Crippen LogP contribution >= 0.6 is 0 Å². The van der Waals surface area contributed by atoms with E-state index in [4.69, 9.17) is 15.2 Å². The normalized spacial score (nSPS) is 27.1. The zero-order valence-electron chi connectivity index (χ0n) is 13.7. The van der Waals surface area contributed by atoms with Crippen molar-refractivity contribution in [3.8, 4) is 0 Å². The second kappa shape index (κ2) is 9.72. The first kappa shape index (κ1) is 17.9. The first-order valence-electron chi connectivity index (χ1n) is 8.06. The molecule has 0 aromatic carbocycles. The number of nitrogens with two attached hydrogens (primary N) is 1. The molecule has 0 spiro atoms. The fourth-order valence-electron chi connectivity index (χ4n) is 3.56. The third-order valence-electron chi connectivity index (χ3n) is 4.61. The molecule has 4 heteroatoms. The SMILES string of the molecule is COCCCN(CCOC)CC1(CN)CCCC(C)C1. The Bertz CT molecular complexity index is 251. The first-order chi connectivity index (χ1) is 9.65. The summed E-state index contributed by atoms with van der Waals surface area (Å²) in [5.41, 5.74) is 6.47. The van der Waals surface area contributed by atoms with Crippen LogP contribution in [0.2, 0.25) is 0 Å². The fourth-order valence-corrected chi connectivity index (χ4v) is 3.56. The van der Waals surface area contributed by atoms with Gasteiger partial charge in [0, 0.05) is 40.5 Å². The van der Waals surface area contributed by atoms with Crippen molar-refractivity contribution in [2.24, 2.45) is 17.1 Å². The van der Waals surface area contributed by atoms with Gasteiger partial charge in [0.25, 0.3) is 0 Å². The minimum atomic E-state index is 0.318. The summed E-state index contributed by atoms with van der Waals surface area (Å²) in [5.74, 6) is 0.815. The molecule has 1 rings (SSSR count). The molecule has 2 N–H and O–H groups in total. The summed E-state index contributed by atoms with van der Waals surface area (Å²) in [6.07, 6.45) is 6.33. The Hall–Kier alpha value is -0.160. The molecule has 0 amide bonds. The highest BCUT2D eigenvalue weighted by Gasteiger charge is 2.35. The Morgan fingerprint density at radius 1 is 1.20 bits per heavy atom. The largest absolute Gasteiger partial charge is 0.385 e. The minimum absolute atomic E-state index is 0.318. The van der Waals surface area contributed by atoms with Gasteiger partial charge in [-0.3, -0.25) is 0 Å². The molecule has 120 valence electrons. The van der Waals surface area contributed by atoms with Gasteiger partial charge in [0.15, 0.2) is 0 Å². The van der Waals surface area contributed by atoms with Gasteiger partial charge in [-0.15, -0.1) is 0 Å². The van der Waals surface area contributed by atoms with E-state index in [9.17, 15) is 0 Å². The molecule has 2 atom stereocenters. The zero-order chi connectivity index (χ0) is 14.8. The number of ether oxygens (including phenoxy) is 2. The molecule has 0 heterocycles. The van der Waals surface area contributed by atoms with Gasteiger partial charge in [-0.2, -0.15) is 0 Å². The molecule has 0 aromatic heterocycles. The molecule has 0 saturated heterocycles. The molecule has 1 aliphatic carbocycles. The van der Waals surface area contributed by atoms with Crippen molar-refractivity contribution in [1.82, 2.24) is 4.90 Å². The molecule has 0 bridgehead atoms. The minimum Gasteiger partial charge on any atom is -0.385 e. The third kappa shape index (κ3) is 6.08. The van der Waals surface area contributed by atoms with Crippen LogP contribution in [0.5, 0.6) is 0 Å². The van der Waals surface area contributed by atoms with Crippen molar-refractivity contribution in [3.63, 3.8) is 0 Å². The lowest BCUT2D eigenvalue weighted by atomic mass is 9.69. The molecule has 0 aliphatic heterocycles. The van der Waals surface area contributed by atoms with Crippen LogP contribution in [0.3, 0.4) is 0 Å². The topological polar surface area (TPSA) is 47.7 Å². The van der Waals surface area contributed by atoms with Crippen LogP contribution in [0.25, 0.3) is 0 Å². The van der Waals surface area contributed by atoms with Gasteiger partial charge in [-0.25, -0.2) is 0 Å². The summed E-state index contributed by atoms with van der Waals surface area (Å²) in [6.45, 7) is 7.99. The molecular formula is C16H34N2O2. The third-order valence-corrected chi connectivity index (χ3v) is 4.61. The van der Waals surface area contributed by atoms with Crippen molar-refractivity contribution in [2.45, 2.75) is 39.0 Å². The Labute approximate surface area is 125 Å². The van der Waals surface area contributed by atoms with Crippen molar-refractivity contribution >= 4 is 0 Å². The second-order valence-electron chi connectivity index (χ2n) is 6.52. The number of hydrogen-bond acceptors (Lipinski definition) is 4. The van der Waals surface area contributed by atoms with Crippen LogP contribution in [0.1, 0.15) is 39.0 Å². The van der Waals surface area contributed by atoms with Crippen molar-refractivity contribution in [2.75, 3.05) is 53.6 Å². The predicted octanol–water partition coefficient (Wildman–Crippen LogP) is 2.13. The number of methoxy groups -OCH3 is 2. The van der Waals surface area contributed by atoms with Crippen LogP contribution in [0.15, 0.2) is 0 Å². The van der Waals surface area contributed by atoms with E-state index in [2.05, 4.69) is 11.8 Å². The van der Waals surface area contributed by atoms with Gasteiger partial charge < -0.3 is 20.1 Å². The summed E-state index contributed by atoms with van der Waals surface area (Å²) in [7, 11) is 3.54. The average molecular weight is 286 g/mol. The van der Waals surface area contributed by atoms with E-state index in [0.717, 1.165) is 51.7 Å². The Balaban J connectivity index is 2.54. The number of hydrogen-bond donors (Lipinski definition) is 1. The highest BCUT2D eigenvalue weighted by Crippen LogP contribution is 2.39. The van der Waals surface area contributed by atoms with Gasteiger partial charge in [0.05, 0.1) is 6.61 Å². The first-order valence-corrected chi connectivity index (χ1v) is 8.06. The summed E-state index contributed by atoms with van der Waals surface area (Å²) < 4.78 is 10.4. The Kier molecular flexibility index (Phi) is 8.69. The van der Waals surface area contributed by atoms with E-state index in [1.54, 1.807) is 14.2 Å². The molecule has 1 saturated carbocycles. The lowest BCUT2D eigenvalue weighted by Crippen LogP contribution is -2.46. The maximum atomic E-state index is 6.15. The lowest BCUT2D eigenvalue weighted by Gasteiger charge is -2.42. The molecule has 0 aromatic rings. The summed E-state index contributed by atoms with van der Waals surface area (Å²) in [6, 6.07) is 0. The highest BCUT2D eigenvalue weighted by molar-refractivity contribution is 4.89. The van der Waals surface area contributed by atoms with Crippen LogP contribution < -0.4 is 5.73 Å². The number of rotatable bonds is 10. The second-order valence-corrected chi connectivity index (χ2v) is 6.52. The molecular weight excluding hydrogens is 252 g/mol. The van der Waals surface area contributed by atoms with Crippen LogP contribution in [-0.2, 0) is 9.47 Å². The Morgan fingerprint density at radius 3 is 2.55 bits per heavy atom. The van der Waals surface area contributed by atoms with Crippen LogP contribution in [-0.4, -0.2) is 58.5 Å². The molecule has 20 heavy (non-hydrogen) atoms. The van der Waals surface area contributed by atoms with Crippen molar-refractivity contribution in [1.29, 1.82) is 0 Å². The van der Waals surface area contributed by atoms with Crippen molar-refractivity contribution < 1.29 is 9.47 Å². The zero-order valence-corrected chi connectivity index (χ0v) is 13.7. The maximum Gasteiger partial charge on any atom is 0.0589 e. The van der Waals surface area contributed by atoms with Gasteiger partial charge in [-0.1, -0.05) is 19.8 Å². The summed E-state index contributed by atoms with van der Waals surface area (Å²) in [4.78, 5) is 2.52. The lowest BCUT2D eigenvalue weighted by molar-refractivity contribution is 0.0640. The van der Waals surface area contributed by atoms with Gasteiger partial charge in [-0.05, 0) is 37.1 Å². The van der Waals surface area contributed by atoms with Gasteiger partial charge in [0.1, 0.15) is 0 Å². The standard InChI is InChI=1S/C16H34N2O2/c1-15-6-4-7-16(12-15,13-17)14-18(9-11-20-3)8-5-10-19-2/h15H,4-14,17H2,1-3H3. The summed E-state index contributed by atoms with van der Waals surface area (Å²) >= 11 is 0. The Morgan fingerprint density at radius 2 is 1.95 bits per heavy atom. The molecule has 0 radical (unpaired) electrons. The monoisotopic (exact) mass is 286 g/mol. The molecule has 4 nitrogen and oxygen atoms in total. The van der Waals surface area contributed by atoms with E-state index >= 15 is 0 Å². The number of nitrogens with zero attached hydrogens (tertiary/aromatic N) is 1. The average Bonchev–Trinajstić information content (AvgIpc) is 2.45. The van der Waals surface area contributed by atoms with E-state index in [1.165, 1.54) is 25.7 Å². The predicted molar refractivity (Wildman–Crippen MR) is 83.9 cm³/mol. The van der Waals surface area contributed by atoms with Crippen molar-refractivity contribution in [3.05, 3.63) is 0 Å². The molecule has 2 unspecified atom stereocenters. The molecule has 1 aliphatic rings. The highest BCUT2D eigenvalue weighted by atomic mass is 16.5.